The molecule has 142 valence electrons. The molecule has 7 nitrogen and oxygen atoms in total. The monoisotopic (exact) mass is 371 g/mol. The second-order valence-electron chi connectivity index (χ2n) is 6.14. The molecule has 0 bridgehead atoms. The lowest BCUT2D eigenvalue weighted by Gasteiger charge is -2.07. The van der Waals surface area contributed by atoms with Crippen molar-refractivity contribution < 1.29 is 28.7 Å². The number of H-pyrrole nitrogens is 1. The number of aryl methyl sites for hydroxylation is 1. The highest BCUT2D eigenvalue weighted by molar-refractivity contribution is 6.04. The molecule has 0 radical (unpaired) electrons. The molecule has 2 aromatic rings. The van der Waals surface area contributed by atoms with Gasteiger partial charge in [0.15, 0.2) is 24.8 Å². The number of rotatable bonds is 8. The quantitative estimate of drug-likeness (QED) is 0.565. The molecule has 0 saturated heterocycles. The number of Topliss-reactive ketones (excluding diaryl/α,β-unsaturated/α-hetero) is 3. The van der Waals surface area contributed by atoms with Crippen molar-refractivity contribution in [3.05, 3.63) is 52.3 Å². The van der Waals surface area contributed by atoms with E-state index in [4.69, 9.17) is 9.47 Å². The summed E-state index contributed by atoms with van der Waals surface area (Å²) in [4.78, 5) is 49.9. The molecule has 1 N–H and O–H groups in total. The third kappa shape index (κ3) is 4.91. The van der Waals surface area contributed by atoms with Crippen LogP contribution in [0.2, 0.25) is 0 Å². The number of esters is 1. The van der Waals surface area contributed by atoms with Gasteiger partial charge in [-0.05, 0) is 45.4 Å². The number of nitrogens with one attached hydrogen (secondary N) is 1. The summed E-state index contributed by atoms with van der Waals surface area (Å²) in [5, 5.41) is 0. The molecule has 0 fully saturated rings. The lowest BCUT2D eigenvalue weighted by atomic mass is 10.1. The fourth-order valence-corrected chi connectivity index (χ4v) is 2.76. The van der Waals surface area contributed by atoms with Gasteiger partial charge in [0.25, 0.3) is 0 Å². The van der Waals surface area contributed by atoms with Crippen LogP contribution >= 0.6 is 0 Å². The van der Waals surface area contributed by atoms with Crippen LogP contribution in [0.15, 0.2) is 24.3 Å². The van der Waals surface area contributed by atoms with E-state index < -0.39 is 25.0 Å². The first kappa shape index (κ1) is 20.1. The molecule has 1 aromatic carbocycles. The van der Waals surface area contributed by atoms with Crippen molar-refractivity contribution in [3.63, 3.8) is 0 Å². The van der Waals surface area contributed by atoms with Crippen LogP contribution in [0.3, 0.4) is 0 Å². The fourth-order valence-electron chi connectivity index (χ4n) is 2.76. The molecule has 0 spiro atoms. The second kappa shape index (κ2) is 8.44. The molecule has 0 aliphatic rings. The molecule has 0 atom stereocenters. The van der Waals surface area contributed by atoms with Gasteiger partial charge < -0.3 is 14.5 Å². The Balaban J connectivity index is 1.91. The zero-order valence-corrected chi connectivity index (χ0v) is 15.7. The summed E-state index contributed by atoms with van der Waals surface area (Å²) in [6, 6.07) is 6.42. The predicted octanol–water partition coefficient (Wildman–Crippen LogP) is 2.84. The van der Waals surface area contributed by atoms with Crippen molar-refractivity contribution in [2.45, 2.75) is 27.7 Å². The van der Waals surface area contributed by atoms with Gasteiger partial charge in [-0.2, -0.15) is 0 Å². The van der Waals surface area contributed by atoms with Crippen molar-refractivity contribution in [3.8, 4) is 5.75 Å². The fraction of sp³-hybridized carbons (Fsp3) is 0.300. The van der Waals surface area contributed by atoms with Crippen LogP contribution < -0.4 is 4.74 Å². The average molecular weight is 371 g/mol. The van der Waals surface area contributed by atoms with E-state index in [2.05, 4.69) is 4.98 Å². The van der Waals surface area contributed by atoms with E-state index >= 15 is 0 Å². The van der Waals surface area contributed by atoms with E-state index in [1.165, 1.54) is 19.9 Å². The smallest absolute Gasteiger partial charge is 0.344 e. The average Bonchev–Trinajstić information content (AvgIpc) is 2.92. The maximum absolute atomic E-state index is 12.3. The molecular formula is C20H21NO6. The minimum atomic E-state index is -0.718. The van der Waals surface area contributed by atoms with Gasteiger partial charge in [0, 0.05) is 16.8 Å². The minimum Gasteiger partial charge on any atom is -0.482 e. The van der Waals surface area contributed by atoms with Crippen molar-refractivity contribution in [1.29, 1.82) is 0 Å². The zero-order chi connectivity index (χ0) is 20.1. The summed E-state index contributed by atoms with van der Waals surface area (Å²) in [7, 11) is 0. The third-order valence-electron chi connectivity index (χ3n) is 4.03. The molecular weight excluding hydrogens is 350 g/mol. The van der Waals surface area contributed by atoms with Gasteiger partial charge in [-0.15, -0.1) is 0 Å². The predicted molar refractivity (Wildman–Crippen MR) is 97.5 cm³/mol. The Bertz CT molecular complexity index is 909. The van der Waals surface area contributed by atoms with E-state index in [1.54, 1.807) is 32.0 Å². The summed E-state index contributed by atoms with van der Waals surface area (Å²) in [6.45, 7) is 5.37. The standard InChI is InChI=1S/C20H21NO6/c1-11-19(14(4)23)12(2)21-20(11)17(24)9-27-18(25)10-26-16-7-5-6-15(8-16)13(3)22/h5-8,21H,9-10H2,1-4H3. The summed E-state index contributed by atoms with van der Waals surface area (Å²) >= 11 is 0. The lowest BCUT2D eigenvalue weighted by molar-refractivity contribution is -0.144. The number of hydrogen-bond donors (Lipinski definition) is 1. The number of hydrogen-bond acceptors (Lipinski definition) is 6. The number of carbonyl (C=O) groups is 4. The summed E-state index contributed by atoms with van der Waals surface area (Å²) in [6.07, 6.45) is 0. The summed E-state index contributed by atoms with van der Waals surface area (Å²) in [5.41, 5.74) is 2.33. The highest BCUT2D eigenvalue weighted by Gasteiger charge is 2.20. The van der Waals surface area contributed by atoms with Crippen LogP contribution in [0.25, 0.3) is 0 Å². The Morgan fingerprint density at radius 2 is 1.70 bits per heavy atom. The summed E-state index contributed by atoms with van der Waals surface area (Å²) in [5.74, 6) is -1.05. The zero-order valence-electron chi connectivity index (χ0n) is 15.7. The van der Waals surface area contributed by atoms with E-state index in [1.807, 2.05) is 0 Å². The van der Waals surface area contributed by atoms with Gasteiger partial charge >= 0.3 is 5.97 Å². The number of aromatic nitrogens is 1. The Morgan fingerprint density at radius 1 is 1.00 bits per heavy atom. The van der Waals surface area contributed by atoms with Crippen LogP contribution in [-0.2, 0) is 9.53 Å². The van der Waals surface area contributed by atoms with E-state index in [9.17, 15) is 19.2 Å². The topological polar surface area (TPSA) is 103 Å². The Kier molecular flexibility index (Phi) is 6.28. The first-order valence-corrected chi connectivity index (χ1v) is 8.33. The van der Waals surface area contributed by atoms with Gasteiger partial charge in [-0.3, -0.25) is 14.4 Å². The molecule has 0 aliphatic heterocycles. The van der Waals surface area contributed by atoms with E-state index in [0.717, 1.165) is 0 Å². The van der Waals surface area contributed by atoms with Crippen molar-refractivity contribution in [2.24, 2.45) is 0 Å². The Morgan fingerprint density at radius 3 is 2.30 bits per heavy atom. The lowest BCUT2D eigenvalue weighted by Crippen LogP contribution is -2.20. The molecule has 0 saturated carbocycles. The van der Waals surface area contributed by atoms with Crippen molar-refractivity contribution in [2.75, 3.05) is 13.2 Å². The SMILES string of the molecule is CC(=O)c1cccc(OCC(=O)OCC(=O)c2[nH]c(C)c(C(C)=O)c2C)c1. The molecule has 27 heavy (non-hydrogen) atoms. The van der Waals surface area contributed by atoms with Gasteiger partial charge in [0.2, 0.25) is 5.78 Å². The number of ether oxygens (including phenoxy) is 2. The molecule has 0 aliphatic carbocycles. The number of benzene rings is 1. The maximum Gasteiger partial charge on any atom is 0.344 e. The van der Waals surface area contributed by atoms with Gasteiger partial charge in [-0.1, -0.05) is 12.1 Å². The molecule has 1 aromatic heterocycles. The maximum atomic E-state index is 12.3. The van der Waals surface area contributed by atoms with Gasteiger partial charge in [0.1, 0.15) is 5.75 Å². The highest BCUT2D eigenvalue weighted by atomic mass is 16.6. The first-order valence-electron chi connectivity index (χ1n) is 8.33. The first-order chi connectivity index (χ1) is 12.7. The number of ketones is 3. The Hall–Kier alpha value is -3.22. The van der Waals surface area contributed by atoms with Crippen molar-refractivity contribution in [1.82, 2.24) is 4.98 Å². The normalized spacial score (nSPS) is 10.4. The third-order valence-corrected chi connectivity index (χ3v) is 4.03. The molecule has 1 heterocycles. The molecule has 2 rings (SSSR count). The number of carbonyl (C=O) groups excluding carboxylic acids is 4. The van der Waals surface area contributed by atoms with Crippen LogP contribution in [0, 0.1) is 13.8 Å². The summed E-state index contributed by atoms with van der Waals surface area (Å²) < 4.78 is 10.2. The number of aromatic amines is 1. The van der Waals surface area contributed by atoms with Crippen LogP contribution in [0.5, 0.6) is 5.75 Å². The van der Waals surface area contributed by atoms with Crippen LogP contribution in [-0.4, -0.2) is 41.5 Å². The highest BCUT2D eigenvalue weighted by Crippen LogP contribution is 2.19. The van der Waals surface area contributed by atoms with Crippen molar-refractivity contribution >= 4 is 23.3 Å². The molecule has 0 unspecified atom stereocenters. The van der Waals surface area contributed by atoms with Gasteiger partial charge in [-0.25, -0.2) is 4.79 Å². The van der Waals surface area contributed by atoms with Crippen LogP contribution in [0.1, 0.15) is 56.3 Å². The molecule has 7 heteroatoms. The van der Waals surface area contributed by atoms with Gasteiger partial charge in [0.05, 0.1) is 5.69 Å². The van der Waals surface area contributed by atoms with E-state index in [0.29, 0.717) is 28.1 Å². The molecule has 0 amide bonds. The second-order valence-corrected chi connectivity index (χ2v) is 6.14. The largest absolute Gasteiger partial charge is 0.482 e. The van der Waals surface area contributed by atoms with Crippen LogP contribution in [0.4, 0.5) is 0 Å². The Labute approximate surface area is 156 Å². The minimum absolute atomic E-state index is 0.116. The van der Waals surface area contributed by atoms with E-state index in [-0.39, 0.29) is 17.3 Å².